The van der Waals surface area contributed by atoms with Crippen molar-refractivity contribution >= 4 is 39.1 Å². The zero-order valence-corrected chi connectivity index (χ0v) is 16.0. The SMILES string of the molecule is Cc1cc(C)c2c(N)c(C(=O)N3CCN(C(=O)c4ccco4)CC3)sc2n1. The third-order valence-electron chi connectivity index (χ3n) is 4.80. The second kappa shape index (κ2) is 6.70. The molecule has 0 radical (unpaired) electrons. The molecule has 0 bridgehead atoms. The molecular formula is C19H20N4O3S. The predicted octanol–water partition coefficient (Wildman–Crippen LogP) is 2.69. The molecular weight excluding hydrogens is 364 g/mol. The van der Waals surface area contributed by atoms with Gasteiger partial charge in [-0.05, 0) is 37.6 Å². The molecule has 1 aliphatic heterocycles. The number of carbonyl (C=O) groups is 2. The number of aryl methyl sites for hydroxylation is 2. The van der Waals surface area contributed by atoms with Crippen molar-refractivity contribution in [3.05, 3.63) is 46.4 Å². The van der Waals surface area contributed by atoms with Crippen LogP contribution in [0.25, 0.3) is 10.2 Å². The van der Waals surface area contributed by atoms with Gasteiger partial charge in [0.15, 0.2) is 5.76 Å². The van der Waals surface area contributed by atoms with Gasteiger partial charge in [0.25, 0.3) is 11.8 Å². The number of aromatic nitrogens is 1. The van der Waals surface area contributed by atoms with Gasteiger partial charge in [0.2, 0.25) is 0 Å². The normalized spacial score (nSPS) is 14.7. The Hall–Kier alpha value is -2.87. The van der Waals surface area contributed by atoms with E-state index >= 15 is 0 Å². The van der Waals surface area contributed by atoms with Gasteiger partial charge in [-0.2, -0.15) is 0 Å². The van der Waals surface area contributed by atoms with Crippen LogP contribution in [0.3, 0.4) is 0 Å². The van der Waals surface area contributed by atoms with Crippen LogP contribution in [0.4, 0.5) is 5.69 Å². The smallest absolute Gasteiger partial charge is 0.289 e. The molecule has 0 aliphatic carbocycles. The highest BCUT2D eigenvalue weighted by atomic mass is 32.1. The summed E-state index contributed by atoms with van der Waals surface area (Å²) in [6.07, 6.45) is 1.48. The highest BCUT2D eigenvalue weighted by Gasteiger charge is 2.29. The topological polar surface area (TPSA) is 92.7 Å². The van der Waals surface area contributed by atoms with E-state index < -0.39 is 0 Å². The first kappa shape index (κ1) is 17.5. The Labute approximate surface area is 160 Å². The van der Waals surface area contributed by atoms with E-state index in [2.05, 4.69) is 4.98 Å². The molecule has 0 spiro atoms. The van der Waals surface area contributed by atoms with Crippen LogP contribution in [0.5, 0.6) is 0 Å². The second-order valence-corrected chi connectivity index (χ2v) is 7.67. The number of piperazine rings is 1. The first-order valence-corrected chi connectivity index (χ1v) is 9.55. The van der Waals surface area contributed by atoms with E-state index in [1.807, 2.05) is 19.9 Å². The summed E-state index contributed by atoms with van der Waals surface area (Å²) in [6.45, 7) is 5.76. The molecule has 3 aromatic rings. The van der Waals surface area contributed by atoms with E-state index in [0.717, 1.165) is 21.5 Å². The highest BCUT2D eigenvalue weighted by Crippen LogP contribution is 2.35. The molecule has 0 aromatic carbocycles. The van der Waals surface area contributed by atoms with Crippen LogP contribution in [0, 0.1) is 13.8 Å². The summed E-state index contributed by atoms with van der Waals surface area (Å²) in [7, 11) is 0. The van der Waals surface area contributed by atoms with E-state index in [9.17, 15) is 9.59 Å². The van der Waals surface area contributed by atoms with Crippen molar-refractivity contribution in [2.24, 2.45) is 0 Å². The lowest BCUT2D eigenvalue weighted by Crippen LogP contribution is -2.50. The Morgan fingerprint density at radius 3 is 2.44 bits per heavy atom. The van der Waals surface area contributed by atoms with Crippen molar-refractivity contribution in [1.29, 1.82) is 0 Å². The molecule has 3 aromatic heterocycles. The molecule has 1 aliphatic rings. The summed E-state index contributed by atoms with van der Waals surface area (Å²) in [5, 5.41) is 0.862. The van der Waals surface area contributed by atoms with Gasteiger partial charge >= 0.3 is 0 Å². The Bertz CT molecular complexity index is 1020. The number of furan rings is 1. The van der Waals surface area contributed by atoms with Crippen LogP contribution < -0.4 is 5.73 Å². The zero-order chi connectivity index (χ0) is 19.1. The number of thiophene rings is 1. The fourth-order valence-electron chi connectivity index (χ4n) is 3.44. The largest absolute Gasteiger partial charge is 0.459 e. The summed E-state index contributed by atoms with van der Waals surface area (Å²) in [6, 6.07) is 5.31. The molecule has 140 valence electrons. The summed E-state index contributed by atoms with van der Waals surface area (Å²) in [5.74, 6) is 0.0712. The molecule has 7 nitrogen and oxygen atoms in total. The number of amides is 2. The molecule has 0 saturated carbocycles. The Balaban J connectivity index is 1.51. The van der Waals surface area contributed by atoms with Crippen LogP contribution in [-0.4, -0.2) is 52.8 Å². The van der Waals surface area contributed by atoms with Gasteiger partial charge in [-0.1, -0.05) is 0 Å². The van der Waals surface area contributed by atoms with Gasteiger partial charge in [-0.15, -0.1) is 11.3 Å². The fourth-order valence-corrected chi connectivity index (χ4v) is 4.62. The van der Waals surface area contributed by atoms with Gasteiger partial charge in [0.1, 0.15) is 9.71 Å². The number of nitrogens with zero attached hydrogens (tertiary/aromatic N) is 3. The van der Waals surface area contributed by atoms with Crippen LogP contribution in [0.2, 0.25) is 0 Å². The Morgan fingerprint density at radius 2 is 1.81 bits per heavy atom. The lowest BCUT2D eigenvalue weighted by molar-refractivity contribution is 0.0521. The van der Waals surface area contributed by atoms with Crippen molar-refractivity contribution in [2.45, 2.75) is 13.8 Å². The molecule has 0 atom stereocenters. The lowest BCUT2D eigenvalue weighted by atomic mass is 10.1. The number of hydrogen-bond donors (Lipinski definition) is 1. The van der Waals surface area contributed by atoms with Gasteiger partial charge in [-0.25, -0.2) is 4.98 Å². The van der Waals surface area contributed by atoms with E-state index in [0.29, 0.717) is 42.5 Å². The second-order valence-electron chi connectivity index (χ2n) is 6.67. The molecule has 2 amide bonds. The third kappa shape index (κ3) is 3.06. The van der Waals surface area contributed by atoms with Gasteiger partial charge in [0, 0.05) is 37.3 Å². The molecule has 27 heavy (non-hydrogen) atoms. The average molecular weight is 384 g/mol. The van der Waals surface area contributed by atoms with Crippen molar-refractivity contribution < 1.29 is 14.0 Å². The number of hydrogen-bond acceptors (Lipinski definition) is 6. The molecule has 8 heteroatoms. The molecule has 4 rings (SSSR count). The molecule has 1 fully saturated rings. The van der Waals surface area contributed by atoms with Crippen LogP contribution >= 0.6 is 11.3 Å². The average Bonchev–Trinajstić information content (AvgIpc) is 3.29. The summed E-state index contributed by atoms with van der Waals surface area (Å²) in [4.78, 5) is 34.6. The summed E-state index contributed by atoms with van der Waals surface area (Å²) >= 11 is 1.34. The first-order chi connectivity index (χ1) is 13.0. The number of nitrogens with two attached hydrogens (primary N) is 1. The molecule has 4 heterocycles. The number of rotatable bonds is 2. The third-order valence-corrected chi connectivity index (χ3v) is 5.89. The predicted molar refractivity (Wildman–Crippen MR) is 104 cm³/mol. The summed E-state index contributed by atoms with van der Waals surface area (Å²) < 4.78 is 5.17. The minimum atomic E-state index is -0.149. The number of anilines is 1. The van der Waals surface area contributed by atoms with Crippen LogP contribution in [0.15, 0.2) is 28.9 Å². The molecule has 0 unspecified atom stereocenters. The van der Waals surface area contributed by atoms with Crippen LogP contribution in [0.1, 0.15) is 31.5 Å². The Morgan fingerprint density at radius 1 is 1.15 bits per heavy atom. The van der Waals surface area contributed by atoms with Crippen molar-refractivity contribution in [1.82, 2.24) is 14.8 Å². The maximum atomic E-state index is 13.0. The molecule has 1 saturated heterocycles. The van der Waals surface area contributed by atoms with Crippen molar-refractivity contribution in [3.63, 3.8) is 0 Å². The van der Waals surface area contributed by atoms with Crippen LogP contribution in [-0.2, 0) is 0 Å². The summed E-state index contributed by atoms with van der Waals surface area (Å²) in [5.41, 5.74) is 8.72. The minimum Gasteiger partial charge on any atom is -0.459 e. The van der Waals surface area contributed by atoms with Gasteiger partial charge in [-0.3, -0.25) is 9.59 Å². The van der Waals surface area contributed by atoms with E-state index in [4.69, 9.17) is 10.2 Å². The lowest BCUT2D eigenvalue weighted by Gasteiger charge is -2.34. The van der Waals surface area contributed by atoms with E-state index in [1.54, 1.807) is 21.9 Å². The van der Waals surface area contributed by atoms with Crippen molar-refractivity contribution in [2.75, 3.05) is 31.9 Å². The van der Waals surface area contributed by atoms with Crippen molar-refractivity contribution in [3.8, 4) is 0 Å². The number of nitrogen functional groups attached to an aromatic ring is 1. The van der Waals surface area contributed by atoms with Gasteiger partial charge in [0.05, 0.1) is 12.0 Å². The maximum absolute atomic E-state index is 13.0. The number of fused-ring (bicyclic) bond motifs is 1. The molecule has 2 N–H and O–H groups in total. The van der Waals surface area contributed by atoms with E-state index in [1.165, 1.54) is 17.6 Å². The highest BCUT2D eigenvalue weighted by molar-refractivity contribution is 7.21. The van der Waals surface area contributed by atoms with E-state index in [-0.39, 0.29) is 11.8 Å². The monoisotopic (exact) mass is 384 g/mol. The number of carbonyl (C=O) groups excluding carboxylic acids is 2. The minimum absolute atomic E-state index is 0.0994. The van der Waals surface area contributed by atoms with Gasteiger partial charge < -0.3 is 20.0 Å². The Kier molecular flexibility index (Phi) is 4.35. The first-order valence-electron chi connectivity index (χ1n) is 8.74. The number of pyridine rings is 1. The quantitative estimate of drug-likeness (QED) is 0.733. The maximum Gasteiger partial charge on any atom is 0.289 e. The zero-order valence-electron chi connectivity index (χ0n) is 15.2. The standard InChI is InChI=1S/C19H20N4O3S/c1-11-10-12(2)21-17-14(11)15(20)16(27-17)19(25)23-7-5-22(6-8-23)18(24)13-4-3-9-26-13/h3-4,9-10H,5-8,20H2,1-2H3. The fraction of sp³-hybridized carbons (Fsp3) is 0.316.